The number of rotatable bonds is 13. The number of nitro groups is 1. The first-order valence-corrected chi connectivity index (χ1v) is 16.8. The van der Waals surface area contributed by atoms with E-state index in [9.17, 15) is 33.5 Å². The van der Waals surface area contributed by atoms with Gasteiger partial charge in [-0.3, -0.25) is 14.9 Å². The number of aryl methyl sites for hydroxylation is 1. The molecule has 0 aromatic heterocycles. The van der Waals surface area contributed by atoms with Crippen LogP contribution in [0.1, 0.15) is 50.2 Å². The topological polar surface area (TPSA) is 141 Å². The second-order valence-corrected chi connectivity index (χ2v) is 13.8. The van der Waals surface area contributed by atoms with Crippen molar-refractivity contribution in [3.8, 4) is 11.1 Å². The van der Waals surface area contributed by atoms with Crippen LogP contribution in [0, 0.1) is 28.8 Å². The van der Waals surface area contributed by atoms with Crippen molar-refractivity contribution < 1.29 is 32.7 Å². The molecule has 46 heavy (non-hydrogen) atoms. The summed E-state index contributed by atoms with van der Waals surface area (Å²) < 4.78 is 42.5. The molecule has 1 saturated heterocycles. The maximum atomic E-state index is 15.5. The fourth-order valence-corrected chi connectivity index (χ4v) is 7.69. The van der Waals surface area contributed by atoms with Crippen molar-refractivity contribution in [2.75, 3.05) is 26.7 Å². The normalized spacial score (nSPS) is 17.5. The van der Waals surface area contributed by atoms with Gasteiger partial charge < -0.3 is 15.1 Å². The molecule has 2 unspecified atom stereocenters. The number of likely N-dealkylation sites (N-methyl/N-ethyl adjacent to an activating group) is 1. The van der Waals surface area contributed by atoms with E-state index < -0.39 is 67.8 Å². The van der Waals surface area contributed by atoms with Crippen LogP contribution in [0.2, 0.25) is 0 Å². The van der Waals surface area contributed by atoms with Gasteiger partial charge in [-0.1, -0.05) is 68.8 Å². The van der Waals surface area contributed by atoms with Crippen molar-refractivity contribution in [2.45, 2.75) is 62.0 Å². The number of carbonyl (C=O) groups excluding carboxylic acids is 1. The summed E-state index contributed by atoms with van der Waals surface area (Å²) in [5, 5.41) is 34.5. The zero-order valence-corrected chi connectivity index (χ0v) is 27.0. The summed E-state index contributed by atoms with van der Waals surface area (Å²) in [5.74, 6) is -1.35. The first-order chi connectivity index (χ1) is 21.8. The quantitative estimate of drug-likeness (QED) is 0.194. The molecule has 1 amide bonds. The van der Waals surface area contributed by atoms with Gasteiger partial charge in [0.05, 0.1) is 23.0 Å². The van der Waals surface area contributed by atoms with E-state index in [4.69, 9.17) is 0 Å². The second kappa shape index (κ2) is 14.8. The van der Waals surface area contributed by atoms with Crippen LogP contribution in [-0.4, -0.2) is 71.5 Å². The molecule has 1 aliphatic heterocycles. The molecule has 1 heterocycles. The monoisotopic (exact) mass is 654 g/mol. The molecule has 3 aromatic carbocycles. The standard InChI is InChI=1S/C34H41FN3O7S/c1-4-18-34(41,28-14-9-15-29(35)33(28)25-12-8-11-24(5-2)20-25)26-13-10-19-37(22-26)32(40)21-27(39)23-36(3)46(44,45)31-17-7-6-16-30(31)38(42)43/h6-9,11-12,14-17,20,26-27,39,41H,1,4-5,10,13,18-19,21-23H2,2-3H3/t26?,27-,34?/m1/s1. The molecule has 1 fully saturated rings. The third kappa shape index (κ3) is 7.46. The van der Waals surface area contributed by atoms with E-state index in [-0.39, 0.29) is 13.0 Å². The van der Waals surface area contributed by atoms with Gasteiger partial charge in [-0.2, -0.15) is 4.31 Å². The van der Waals surface area contributed by atoms with Crippen LogP contribution in [0.25, 0.3) is 11.1 Å². The molecule has 1 aliphatic rings. The van der Waals surface area contributed by atoms with Crippen molar-refractivity contribution >= 4 is 21.6 Å². The highest BCUT2D eigenvalue weighted by Crippen LogP contribution is 2.44. The number of halogens is 1. The number of nitro benzene ring substituents is 1. The number of nitrogens with zero attached hydrogens (tertiary/aromatic N) is 3. The number of benzene rings is 3. The van der Waals surface area contributed by atoms with Crippen molar-refractivity contribution in [1.29, 1.82) is 0 Å². The average molecular weight is 655 g/mol. The summed E-state index contributed by atoms with van der Waals surface area (Å²) in [6, 6.07) is 17.1. The third-order valence-corrected chi connectivity index (χ3v) is 10.6. The predicted molar refractivity (Wildman–Crippen MR) is 173 cm³/mol. The Labute approximate surface area is 269 Å². The highest BCUT2D eigenvalue weighted by molar-refractivity contribution is 7.89. The third-order valence-electron chi connectivity index (χ3n) is 8.74. The van der Waals surface area contributed by atoms with E-state index in [1.54, 1.807) is 17.0 Å². The van der Waals surface area contributed by atoms with E-state index in [0.29, 0.717) is 42.5 Å². The van der Waals surface area contributed by atoms with Crippen LogP contribution in [0.4, 0.5) is 10.1 Å². The number of likely N-dealkylation sites (tertiary alicyclic amines) is 1. The Hall–Kier alpha value is -3.71. The van der Waals surface area contributed by atoms with Crippen LogP contribution in [0.15, 0.2) is 71.6 Å². The van der Waals surface area contributed by atoms with Crippen molar-refractivity contribution in [2.24, 2.45) is 5.92 Å². The first kappa shape index (κ1) is 35.1. The fourth-order valence-electron chi connectivity index (χ4n) is 6.33. The number of carbonyl (C=O) groups is 1. The zero-order valence-electron chi connectivity index (χ0n) is 26.1. The van der Waals surface area contributed by atoms with E-state index >= 15 is 4.39 Å². The average Bonchev–Trinajstić information content (AvgIpc) is 3.04. The van der Waals surface area contributed by atoms with Crippen molar-refractivity contribution in [3.63, 3.8) is 0 Å². The molecule has 3 atom stereocenters. The zero-order chi connectivity index (χ0) is 33.6. The first-order valence-electron chi connectivity index (χ1n) is 15.4. The van der Waals surface area contributed by atoms with E-state index in [1.807, 2.05) is 31.2 Å². The number of aliphatic hydroxyl groups is 2. The van der Waals surface area contributed by atoms with E-state index in [1.165, 1.54) is 25.2 Å². The molecular formula is C34H41FN3O7S. The van der Waals surface area contributed by atoms with Crippen LogP contribution in [-0.2, 0) is 26.8 Å². The lowest BCUT2D eigenvalue weighted by molar-refractivity contribution is -0.387. The molecule has 247 valence electrons. The molecule has 0 aliphatic carbocycles. The number of hydrogen-bond acceptors (Lipinski definition) is 7. The lowest BCUT2D eigenvalue weighted by Crippen LogP contribution is -2.49. The predicted octanol–water partition coefficient (Wildman–Crippen LogP) is 5.08. The van der Waals surface area contributed by atoms with Gasteiger partial charge in [0.15, 0.2) is 4.90 Å². The Morgan fingerprint density at radius 2 is 1.91 bits per heavy atom. The Balaban J connectivity index is 1.53. The molecule has 1 radical (unpaired) electrons. The number of amides is 1. The summed E-state index contributed by atoms with van der Waals surface area (Å²) >= 11 is 0. The fraction of sp³-hybridized carbons (Fsp3) is 0.412. The Bertz CT molecular complexity index is 1670. The molecule has 4 rings (SSSR count). The minimum absolute atomic E-state index is 0.150. The summed E-state index contributed by atoms with van der Waals surface area (Å²) in [4.78, 5) is 25.0. The SMILES string of the molecule is [CH2]CCC(O)(c1cccc(F)c1-c1cccc(CC)c1)C1CCCN(C(=O)C[C@@H](O)CN(C)S(=O)(=O)c2ccccc2[N+](=O)[O-])C1. The second-order valence-electron chi connectivity index (χ2n) is 11.8. The molecule has 2 N–H and O–H groups in total. The van der Waals surface area contributed by atoms with Gasteiger partial charge >= 0.3 is 0 Å². The lowest BCUT2D eigenvalue weighted by atomic mass is 9.72. The number of aliphatic hydroxyl groups excluding tert-OH is 1. The summed E-state index contributed by atoms with van der Waals surface area (Å²) in [6.07, 6.45) is 0.714. The van der Waals surface area contributed by atoms with E-state index in [2.05, 4.69) is 6.92 Å². The molecule has 3 aromatic rings. The molecular weight excluding hydrogens is 613 g/mol. The van der Waals surface area contributed by atoms with Crippen LogP contribution in [0.3, 0.4) is 0 Å². The van der Waals surface area contributed by atoms with Gasteiger partial charge in [0.1, 0.15) is 5.82 Å². The number of sulfonamides is 1. The van der Waals surface area contributed by atoms with Crippen molar-refractivity contribution in [1.82, 2.24) is 9.21 Å². The summed E-state index contributed by atoms with van der Waals surface area (Å²) in [6.45, 7) is 6.03. The minimum atomic E-state index is -4.33. The maximum Gasteiger partial charge on any atom is 0.289 e. The van der Waals surface area contributed by atoms with Gasteiger partial charge in [-0.05, 0) is 54.5 Å². The molecule has 12 heteroatoms. The van der Waals surface area contributed by atoms with Crippen LogP contribution < -0.4 is 0 Å². The molecule has 0 bridgehead atoms. The van der Waals surface area contributed by atoms with Gasteiger partial charge in [-0.15, -0.1) is 0 Å². The Kier molecular flexibility index (Phi) is 11.3. The highest BCUT2D eigenvalue weighted by atomic mass is 32.2. The molecule has 0 spiro atoms. The van der Waals surface area contributed by atoms with E-state index in [0.717, 1.165) is 28.4 Å². The number of para-hydroxylation sites is 1. The summed E-state index contributed by atoms with van der Waals surface area (Å²) in [5.41, 5.74) is 0.342. The van der Waals surface area contributed by atoms with Gasteiger partial charge in [0.25, 0.3) is 5.69 Å². The summed E-state index contributed by atoms with van der Waals surface area (Å²) in [7, 11) is -3.15. The smallest absolute Gasteiger partial charge is 0.289 e. The number of hydrogen-bond donors (Lipinski definition) is 2. The Morgan fingerprint density at radius 3 is 2.61 bits per heavy atom. The molecule has 0 saturated carbocycles. The maximum absolute atomic E-state index is 15.5. The largest absolute Gasteiger partial charge is 0.391 e. The van der Waals surface area contributed by atoms with Gasteiger partial charge in [-0.25, -0.2) is 12.8 Å². The number of piperidine rings is 1. The highest BCUT2D eigenvalue weighted by Gasteiger charge is 2.43. The minimum Gasteiger partial charge on any atom is -0.391 e. The Morgan fingerprint density at radius 1 is 1.20 bits per heavy atom. The lowest BCUT2D eigenvalue weighted by Gasteiger charge is -2.43. The van der Waals surface area contributed by atoms with Gasteiger partial charge in [0.2, 0.25) is 15.9 Å². The van der Waals surface area contributed by atoms with Crippen LogP contribution in [0.5, 0.6) is 0 Å². The molecule has 10 nitrogen and oxygen atoms in total. The van der Waals surface area contributed by atoms with Crippen molar-refractivity contribution in [3.05, 3.63) is 101 Å². The van der Waals surface area contributed by atoms with Crippen LogP contribution >= 0.6 is 0 Å². The van der Waals surface area contributed by atoms with Gasteiger partial charge in [0, 0.05) is 44.2 Å².